The lowest BCUT2D eigenvalue weighted by atomic mass is 10.2. The van der Waals surface area contributed by atoms with Gasteiger partial charge in [0.15, 0.2) is 6.10 Å². The molecule has 208 valence electrons. The Labute approximate surface area is 228 Å². The number of anilines is 1. The lowest BCUT2D eigenvalue weighted by Gasteiger charge is -2.34. The van der Waals surface area contributed by atoms with E-state index < -0.39 is 32.1 Å². The molecule has 0 aromatic heterocycles. The van der Waals surface area contributed by atoms with Crippen LogP contribution in [-0.4, -0.2) is 74.1 Å². The van der Waals surface area contributed by atoms with Crippen LogP contribution in [0.4, 0.5) is 5.69 Å². The van der Waals surface area contributed by atoms with Gasteiger partial charge >= 0.3 is 0 Å². The number of para-hydroxylation sites is 2. The number of hydrogen-bond acceptors (Lipinski definition) is 8. The molecule has 4 rings (SSSR count). The molecule has 0 saturated carbocycles. The van der Waals surface area contributed by atoms with Gasteiger partial charge in [-0.2, -0.15) is 0 Å². The number of carbonyl (C=O) groups is 1. The van der Waals surface area contributed by atoms with E-state index in [9.17, 15) is 21.6 Å². The number of sulfonamides is 2. The summed E-state index contributed by atoms with van der Waals surface area (Å²) in [6.07, 6.45) is -1.09. The Morgan fingerprint density at radius 2 is 1.56 bits per heavy atom. The third-order valence-corrected chi connectivity index (χ3v) is 9.57. The van der Waals surface area contributed by atoms with Gasteiger partial charge in [-0.15, -0.1) is 0 Å². The lowest BCUT2D eigenvalue weighted by Crippen LogP contribution is -2.51. The first kappa shape index (κ1) is 28.2. The van der Waals surface area contributed by atoms with Crippen molar-refractivity contribution >= 4 is 31.6 Å². The molecule has 1 unspecified atom stereocenters. The average molecular weight is 576 g/mol. The van der Waals surface area contributed by atoms with Crippen LogP contribution in [0.2, 0.25) is 0 Å². The van der Waals surface area contributed by atoms with Crippen LogP contribution in [0.15, 0.2) is 82.6 Å². The largest absolute Gasteiger partial charge is 0.497 e. The number of amides is 1. The number of nitrogens with one attached hydrogen (secondary N) is 1. The van der Waals surface area contributed by atoms with Gasteiger partial charge < -0.3 is 19.5 Å². The maximum atomic E-state index is 13.5. The maximum Gasteiger partial charge on any atom is 0.264 e. The second-order valence-electron chi connectivity index (χ2n) is 8.68. The van der Waals surface area contributed by atoms with Crippen LogP contribution >= 0.6 is 0 Å². The highest BCUT2D eigenvalue weighted by Crippen LogP contribution is 2.37. The highest BCUT2D eigenvalue weighted by atomic mass is 32.2. The molecule has 1 aliphatic rings. The zero-order chi connectivity index (χ0) is 28.2. The topological polar surface area (TPSA) is 132 Å². The van der Waals surface area contributed by atoms with Gasteiger partial charge in [-0.1, -0.05) is 12.1 Å². The molecule has 0 fully saturated rings. The molecule has 1 heterocycles. The molecular formula is C26H29N3O8S2. The molecule has 1 amide bonds. The van der Waals surface area contributed by atoms with E-state index in [0.29, 0.717) is 17.2 Å². The third kappa shape index (κ3) is 6.10. The van der Waals surface area contributed by atoms with E-state index in [1.807, 2.05) is 0 Å². The van der Waals surface area contributed by atoms with Crippen molar-refractivity contribution in [3.05, 3.63) is 72.8 Å². The van der Waals surface area contributed by atoms with Crippen molar-refractivity contribution in [3.8, 4) is 17.2 Å². The van der Waals surface area contributed by atoms with Crippen LogP contribution in [0.25, 0.3) is 0 Å². The van der Waals surface area contributed by atoms with Crippen LogP contribution < -0.4 is 23.8 Å². The summed E-state index contributed by atoms with van der Waals surface area (Å²) in [5.74, 6) is 0.715. The first-order valence-corrected chi connectivity index (χ1v) is 14.8. The normalized spacial score (nSPS) is 15.3. The molecular weight excluding hydrogens is 546 g/mol. The van der Waals surface area contributed by atoms with Crippen LogP contribution in [-0.2, 0) is 24.8 Å². The van der Waals surface area contributed by atoms with Crippen LogP contribution in [0.5, 0.6) is 17.2 Å². The van der Waals surface area contributed by atoms with E-state index in [1.165, 1.54) is 57.6 Å². The van der Waals surface area contributed by atoms with E-state index in [1.54, 1.807) is 36.4 Å². The summed E-state index contributed by atoms with van der Waals surface area (Å²) in [5.41, 5.74) is 0.334. The predicted molar refractivity (Wildman–Crippen MR) is 144 cm³/mol. The zero-order valence-corrected chi connectivity index (χ0v) is 23.2. The minimum Gasteiger partial charge on any atom is -0.497 e. The Hall–Kier alpha value is -3.81. The van der Waals surface area contributed by atoms with Crippen LogP contribution in [0.1, 0.15) is 0 Å². The number of benzene rings is 3. The fourth-order valence-corrected chi connectivity index (χ4v) is 6.19. The first-order valence-electron chi connectivity index (χ1n) is 11.9. The molecule has 0 radical (unpaired) electrons. The summed E-state index contributed by atoms with van der Waals surface area (Å²) in [4.78, 5) is 13.1. The average Bonchev–Trinajstić information content (AvgIpc) is 2.94. The number of hydrogen-bond donors (Lipinski definition) is 1. The number of nitrogens with zero attached hydrogens (tertiary/aromatic N) is 2. The van der Waals surface area contributed by atoms with Crippen molar-refractivity contribution in [2.45, 2.75) is 15.9 Å². The van der Waals surface area contributed by atoms with E-state index in [2.05, 4.69) is 5.32 Å². The first-order chi connectivity index (χ1) is 18.5. The smallest absolute Gasteiger partial charge is 0.264 e. The zero-order valence-electron chi connectivity index (χ0n) is 21.6. The summed E-state index contributed by atoms with van der Waals surface area (Å²) in [5, 5.41) is 2.70. The van der Waals surface area contributed by atoms with Gasteiger partial charge in [0.2, 0.25) is 10.0 Å². The molecule has 11 nitrogen and oxygen atoms in total. The summed E-state index contributed by atoms with van der Waals surface area (Å²) < 4.78 is 70.2. The minimum absolute atomic E-state index is 0.0527. The fourth-order valence-electron chi connectivity index (χ4n) is 3.82. The highest BCUT2D eigenvalue weighted by molar-refractivity contribution is 7.92. The van der Waals surface area contributed by atoms with Gasteiger partial charge in [0.05, 0.1) is 35.7 Å². The van der Waals surface area contributed by atoms with Crippen molar-refractivity contribution < 1.29 is 35.8 Å². The number of fused-ring (bicyclic) bond motifs is 1. The van der Waals surface area contributed by atoms with Gasteiger partial charge in [0.1, 0.15) is 23.9 Å². The van der Waals surface area contributed by atoms with Crippen LogP contribution in [0.3, 0.4) is 0 Å². The highest BCUT2D eigenvalue weighted by Gasteiger charge is 2.37. The second-order valence-corrected chi connectivity index (χ2v) is 12.7. The predicted octanol–water partition coefficient (Wildman–Crippen LogP) is 2.10. The SMILES string of the molecule is COc1ccc(S(=O)(=O)N2CC(C(=O)NCCOc3ccc(S(=O)(=O)N(C)C)cc3)Oc3ccccc32)cc1. The molecule has 0 saturated heterocycles. The molecule has 13 heteroatoms. The van der Waals surface area contributed by atoms with Gasteiger partial charge in [-0.05, 0) is 60.7 Å². The molecule has 1 aliphatic heterocycles. The monoisotopic (exact) mass is 575 g/mol. The summed E-state index contributed by atoms with van der Waals surface area (Å²) in [6.45, 7) is -0.00806. The Kier molecular flexibility index (Phi) is 8.33. The molecule has 3 aromatic rings. The Morgan fingerprint density at radius 1 is 0.949 bits per heavy atom. The molecule has 0 bridgehead atoms. The molecule has 0 spiro atoms. The van der Waals surface area contributed by atoms with Crippen molar-refractivity contribution in [1.82, 2.24) is 9.62 Å². The van der Waals surface area contributed by atoms with Crippen molar-refractivity contribution in [3.63, 3.8) is 0 Å². The Balaban J connectivity index is 1.40. The van der Waals surface area contributed by atoms with Gasteiger partial charge in [0.25, 0.3) is 15.9 Å². The number of ether oxygens (including phenoxy) is 3. The second kappa shape index (κ2) is 11.5. The summed E-state index contributed by atoms with van der Waals surface area (Å²) in [6, 6.07) is 18.5. The Morgan fingerprint density at radius 3 is 2.21 bits per heavy atom. The van der Waals surface area contributed by atoms with E-state index in [0.717, 1.165) is 8.61 Å². The van der Waals surface area contributed by atoms with E-state index in [-0.39, 0.29) is 35.2 Å². The maximum absolute atomic E-state index is 13.5. The van der Waals surface area contributed by atoms with Gasteiger partial charge in [-0.3, -0.25) is 9.10 Å². The molecule has 1 atom stereocenters. The molecule has 39 heavy (non-hydrogen) atoms. The third-order valence-electron chi connectivity index (χ3n) is 5.95. The van der Waals surface area contributed by atoms with Gasteiger partial charge in [0, 0.05) is 14.1 Å². The minimum atomic E-state index is -4.00. The number of rotatable bonds is 10. The van der Waals surface area contributed by atoms with Crippen molar-refractivity contribution in [2.24, 2.45) is 0 Å². The molecule has 1 N–H and O–H groups in total. The van der Waals surface area contributed by atoms with Crippen LogP contribution in [0, 0.1) is 0 Å². The van der Waals surface area contributed by atoms with Crippen molar-refractivity contribution in [1.29, 1.82) is 0 Å². The number of carbonyl (C=O) groups excluding carboxylic acids is 1. The van der Waals surface area contributed by atoms with E-state index in [4.69, 9.17) is 14.2 Å². The van der Waals surface area contributed by atoms with Crippen molar-refractivity contribution in [2.75, 3.05) is 45.2 Å². The lowest BCUT2D eigenvalue weighted by molar-refractivity contribution is -0.127. The summed E-state index contributed by atoms with van der Waals surface area (Å²) in [7, 11) is -3.16. The van der Waals surface area contributed by atoms with E-state index >= 15 is 0 Å². The quantitative estimate of drug-likeness (QED) is 0.364. The molecule has 3 aromatic carbocycles. The number of methoxy groups -OCH3 is 1. The molecule has 0 aliphatic carbocycles. The Bertz CT molecular complexity index is 1520. The summed E-state index contributed by atoms with van der Waals surface area (Å²) >= 11 is 0. The fraction of sp³-hybridized carbons (Fsp3) is 0.269. The van der Waals surface area contributed by atoms with Gasteiger partial charge in [-0.25, -0.2) is 21.1 Å². The standard InChI is InChI=1S/C26H29N3O8S2/c1-28(2)38(31,32)21-14-10-20(11-15-21)36-17-16-27-26(30)25-18-29(23-6-4-5-7-24(23)37-25)39(33,34)22-12-8-19(35-3)9-13-22/h4-15,25H,16-18H2,1-3H3,(H,27,30).